The van der Waals surface area contributed by atoms with Gasteiger partial charge in [0.1, 0.15) is 5.78 Å². The van der Waals surface area contributed by atoms with E-state index in [0.29, 0.717) is 6.42 Å². The number of hydrogen-bond donors (Lipinski definition) is 0. The molecule has 0 spiro atoms. The van der Waals surface area contributed by atoms with E-state index in [9.17, 15) is 4.79 Å². The highest BCUT2D eigenvalue weighted by molar-refractivity contribution is 7.10. The van der Waals surface area contributed by atoms with Gasteiger partial charge in [-0.2, -0.15) is 0 Å². The van der Waals surface area contributed by atoms with Gasteiger partial charge >= 0.3 is 0 Å². The third-order valence-corrected chi connectivity index (χ3v) is 2.95. The van der Waals surface area contributed by atoms with Crippen LogP contribution in [-0.2, 0) is 17.6 Å². The highest BCUT2D eigenvalue weighted by atomic mass is 32.1. The zero-order chi connectivity index (χ0) is 8.97. The van der Waals surface area contributed by atoms with Gasteiger partial charge in [0.05, 0.1) is 0 Å². The highest BCUT2D eigenvalue weighted by Gasteiger charge is 2.02. The van der Waals surface area contributed by atoms with Crippen molar-refractivity contribution in [2.75, 3.05) is 0 Å². The Morgan fingerprint density at radius 3 is 2.92 bits per heavy atom. The first-order valence-electron chi connectivity index (χ1n) is 4.28. The molecule has 0 unspecified atom stereocenters. The van der Waals surface area contributed by atoms with Crippen molar-refractivity contribution in [3.8, 4) is 0 Å². The van der Waals surface area contributed by atoms with Gasteiger partial charge in [0, 0.05) is 11.3 Å². The molecular formula is C10H14OS. The summed E-state index contributed by atoms with van der Waals surface area (Å²) in [7, 11) is 0. The summed E-state index contributed by atoms with van der Waals surface area (Å²) in [6.45, 7) is 3.80. The molecule has 0 aliphatic rings. The zero-order valence-electron chi connectivity index (χ0n) is 7.59. The predicted molar refractivity (Wildman–Crippen MR) is 52.7 cm³/mol. The molecule has 0 aliphatic carbocycles. The van der Waals surface area contributed by atoms with E-state index in [1.54, 1.807) is 18.3 Å². The van der Waals surface area contributed by atoms with Crippen LogP contribution in [0.1, 0.15) is 30.7 Å². The lowest BCUT2D eigenvalue weighted by Gasteiger charge is -1.98. The summed E-state index contributed by atoms with van der Waals surface area (Å²) >= 11 is 1.76. The first kappa shape index (κ1) is 9.46. The van der Waals surface area contributed by atoms with Gasteiger partial charge in [0.25, 0.3) is 0 Å². The number of thiophene rings is 1. The van der Waals surface area contributed by atoms with Crippen LogP contribution in [0.4, 0.5) is 0 Å². The molecule has 1 heterocycles. The Morgan fingerprint density at radius 1 is 1.58 bits per heavy atom. The maximum Gasteiger partial charge on any atom is 0.130 e. The van der Waals surface area contributed by atoms with Gasteiger partial charge in [-0.15, -0.1) is 11.3 Å². The van der Waals surface area contributed by atoms with E-state index in [4.69, 9.17) is 0 Å². The second kappa shape index (κ2) is 4.41. The van der Waals surface area contributed by atoms with E-state index in [0.717, 1.165) is 12.8 Å². The molecule has 66 valence electrons. The molecule has 12 heavy (non-hydrogen) atoms. The molecular weight excluding hydrogens is 168 g/mol. The van der Waals surface area contributed by atoms with E-state index in [1.807, 2.05) is 0 Å². The van der Waals surface area contributed by atoms with Crippen molar-refractivity contribution < 1.29 is 4.79 Å². The quantitative estimate of drug-likeness (QED) is 0.699. The van der Waals surface area contributed by atoms with Crippen molar-refractivity contribution in [2.24, 2.45) is 0 Å². The summed E-state index contributed by atoms with van der Waals surface area (Å²) in [5.74, 6) is 0.283. The maximum atomic E-state index is 10.7. The lowest BCUT2D eigenvalue weighted by atomic mass is 10.1. The predicted octanol–water partition coefficient (Wildman–Crippen LogP) is 2.83. The van der Waals surface area contributed by atoms with Gasteiger partial charge in [-0.25, -0.2) is 0 Å². The van der Waals surface area contributed by atoms with Crippen LogP contribution < -0.4 is 0 Å². The van der Waals surface area contributed by atoms with Crippen molar-refractivity contribution in [1.82, 2.24) is 0 Å². The zero-order valence-corrected chi connectivity index (χ0v) is 8.41. The van der Waals surface area contributed by atoms with Crippen LogP contribution in [0.3, 0.4) is 0 Å². The van der Waals surface area contributed by atoms with Crippen molar-refractivity contribution in [3.63, 3.8) is 0 Å². The lowest BCUT2D eigenvalue weighted by Crippen LogP contribution is -1.94. The molecule has 0 aliphatic heterocycles. The number of ketones is 1. The number of hydrogen-bond acceptors (Lipinski definition) is 2. The molecule has 0 radical (unpaired) electrons. The van der Waals surface area contributed by atoms with Crippen LogP contribution in [0.25, 0.3) is 0 Å². The second-order valence-electron chi connectivity index (χ2n) is 2.92. The van der Waals surface area contributed by atoms with Crippen molar-refractivity contribution >= 4 is 17.1 Å². The van der Waals surface area contributed by atoms with E-state index in [1.165, 1.54) is 10.4 Å². The maximum absolute atomic E-state index is 10.7. The molecule has 1 aromatic rings. The van der Waals surface area contributed by atoms with E-state index in [-0.39, 0.29) is 5.78 Å². The Bertz CT molecular complexity index is 263. The van der Waals surface area contributed by atoms with Crippen LogP contribution in [0.5, 0.6) is 0 Å². The van der Waals surface area contributed by atoms with Crippen LogP contribution >= 0.6 is 11.3 Å². The molecule has 0 saturated carbocycles. The van der Waals surface area contributed by atoms with Crippen molar-refractivity contribution in [2.45, 2.75) is 33.1 Å². The summed E-state index contributed by atoms with van der Waals surface area (Å²) in [6, 6.07) is 2.15. The number of Topliss-reactive ketones (excluding diaryl/α,β-unsaturated/α-hetero) is 1. The fourth-order valence-electron chi connectivity index (χ4n) is 1.19. The third kappa shape index (κ3) is 2.45. The lowest BCUT2D eigenvalue weighted by molar-refractivity contribution is -0.116. The minimum atomic E-state index is 0.283. The van der Waals surface area contributed by atoms with E-state index >= 15 is 0 Å². The van der Waals surface area contributed by atoms with Crippen molar-refractivity contribution in [3.05, 3.63) is 21.9 Å². The normalized spacial score (nSPS) is 10.2. The minimum Gasteiger partial charge on any atom is -0.300 e. The summed E-state index contributed by atoms with van der Waals surface area (Å²) in [5, 5.41) is 2.11. The molecule has 0 N–H and O–H groups in total. The Morgan fingerprint density at radius 2 is 2.33 bits per heavy atom. The van der Waals surface area contributed by atoms with E-state index in [2.05, 4.69) is 18.4 Å². The van der Waals surface area contributed by atoms with Gasteiger partial charge in [-0.3, -0.25) is 0 Å². The summed E-state index contributed by atoms with van der Waals surface area (Å²) in [6.07, 6.45) is 2.69. The molecule has 0 bridgehead atoms. The Balaban J connectivity index is 2.56. The Kier molecular flexibility index (Phi) is 3.48. The molecule has 0 saturated heterocycles. The second-order valence-corrected chi connectivity index (χ2v) is 3.93. The molecule has 0 fully saturated rings. The summed E-state index contributed by atoms with van der Waals surface area (Å²) in [5.41, 5.74) is 1.40. The average Bonchev–Trinajstić information content (AvgIpc) is 2.47. The van der Waals surface area contributed by atoms with Crippen LogP contribution in [0.15, 0.2) is 11.4 Å². The monoisotopic (exact) mass is 182 g/mol. The third-order valence-electron chi connectivity index (χ3n) is 1.92. The molecule has 1 aromatic heterocycles. The van der Waals surface area contributed by atoms with Gasteiger partial charge < -0.3 is 4.79 Å². The first-order chi connectivity index (χ1) is 5.74. The van der Waals surface area contributed by atoms with Gasteiger partial charge in [0.2, 0.25) is 0 Å². The highest BCUT2D eigenvalue weighted by Crippen LogP contribution is 2.18. The van der Waals surface area contributed by atoms with Gasteiger partial charge in [-0.1, -0.05) is 6.92 Å². The van der Waals surface area contributed by atoms with Gasteiger partial charge in [-0.05, 0) is 36.8 Å². The minimum absolute atomic E-state index is 0.283. The Hall–Kier alpha value is -0.630. The number of aryl methyl sites for hydroxylation is 2. The van der Waals surface area contributed by atoms with E-state index < -0.39 is 0 Å². The summed E-state index contributed by atoms with van der Waals surface area (Å²) < 4.78 is 0. The largest absolute Gasteiger partial charge is 0.300 e. The summed E-state index contributed by atoms with van der Waals surface area (Å²) in [4.78, 5) is 12.1. The number of carbonyl (C=O) groups excluding carboxylic acids is 1. The fraction of sp³-hybridized carbons (Fsp3) is 0.500. The van der Waals surface area contributed by atoms with Crippen LogP contribution in [-0.4, -0.2) is 5.78 Å². The Labute approximate surface area is 77.4 Å². The fourth-order valence-corrected chi connectivity index (χ4v) is 2.17. The first-order valence-corrected chi connectivity index (χ1v) is 5.16. The molecule has 1 rings (SSSR count). The molecule has 0 amide bonds. The van der Waals surface area contributed by atoms with Crippen LogP contribution in [0, 0.1) is 0 Å². The number of rotatable bonds is 4. The van der Waals surface area contributed by atoms with Crippen LogP contribution in [0.2, 0.25) is 0 Å². The molecule has 2 heteroatoms. The number of carbonyl (C=O) groups is 1. The SMILES string of the molecule is CCc1ccsc1CCC(C)=O. The topological polar surface area (TPSA) is 17.1 Å². The molecule has 0 aromatic carbocycles. The standard InChI is InChI=1S/C10H14OS/c1-3-9-6-7-12-10(9)5-4-8(2)11/h6-7H,3-5H2,1-2H3. The molecule has 1 nitrogen and oxygen atoms in total. The van der Waals surface area contributed by atoms with Crippen molar-refractivity contribution in [1.29, 1.82) is 0 Å². The van der Waals surface area contributed by atoms with Gasteiger partial charge in [0.15, 0.2) is 0 Å². The smallest absolute Gasteiger partial charge is 0.130 e. The molecule has 0 atom stereocenters. The average molecular weight is 182 g/mol.